The van der Waals surface area contributed by atoms with Crippen LogP contribution in [0.2, 0.25) is 0 Å². The van der Waals surface area contributed by atoms with Gasteiger partial charge in [-0.1, -0.05) is 37.5 Å². The predicted molar refractivity (Wildman–Crippen MR) is 141 cm³/mol. The summed E-state index contributed by atoms with van der Waals surface area (Å²) < 4.78 is 3.13. The molecule has 0 atom stereocenters. The molecule has 0 unspecified atom stereocenters. The highest BCUT2D eigenvalue weighted by atomic mass is 79.9. The second-order valence-electron chi connectivity index (χ2n) is 10.2. The summed E-state index contributed by atoms with van der Waals surface area (Å²) in [5.74, 6) is 4.29. The van der Waals surface area contributed by atoms with Crippen LogP contribution in [0.4, 0.5) is 0 Å². The second kappa shape index (κ2) is 8.66. The van der Waals surface area contributed by atoms with Crippen LogP contribution in [0, 0.1) is 12.3 Å². The lowest BCUT2D eigenvalue weighted by atomic mass is 9.69. The van der Waals surface area contributed by atoms with Crippen molar-refractivity contribution in [1.29, 1.82) is 0 Å². The van der Waals surface area contributed by atoms with Crippen molar-refractivity contribution in [2.75, 3.05) is 19.6 Å². The minimum Gasteiger partial charge on any atom is -0.302 e. The lowest BCUT2D eigenvalue weighted by Crippen LogP contribution is -2.33. The Morgan fingerprint density at radius 1 is 1.12 bits per heavy atom. The summed E-state index contributed by atoms with van der Waals surface area (Å²) in [5.41, 5.74) is 4.72. The third-order valence-electron chi connectivity index (χ3n) is 8.41. The number of halogens is 1. The molecular formula is C29H30BrN3O. The van der Waals surface area contributed by atoms with Crippen LogP contribution in [0.3, 0.4) is 0 Å². The molecule has 1 spiro atoms. The Morgan fingerprint density at radius 2 is 1.91 bits per heavy atom. The first-order valence-corrected chi connectivity index (χ1v) is 13.4. The highest BCUT2D eigenvalue weighted by Crippen LogP contribution is 2.52. The molecule has 3 heterocycles. The number of rotatable bonds is 3. The van der Waals surface area contributed by atoms with Gasteiger partial charge in [0, 0.05) is 17.4 Å². The van der Waals surface area contributed by atoms with Crippen LogP contribution >= 0.6 is 15.9 Å². The third kappa shape index (κ3) is 3.38. The molecule has 2 aliphatic heterocycles. The first kappa shape index (κ1) is 22.1. The normalized spacial score (nSPS) is 19.8. The quantitative estimate of drug-likeness (QED) is 0.406. The highest BCUT2D eigenvalue weighted by Gasteiger charge is 2.46. The molecule has 2 fully saturated rings. The van der Waals surface area contributed by atoms with E-state index in [-0.39, 0.29) is 11.0 Å². The van der Waals surface area contributed by atoms with E-state index < -0.39 is 0 Å². The number of piperidine rings is 1. The molecule has 0 amide bonds. The largest absolute Gasteiger partial charge is 0.302 e. The zero-order chi connectivity index (χ0) is 23.3. The fourth-order valence-electron chi connectivity index (χ4n) is 6.67. The van der Waals surface area contributed by atoms with E-state index >= 15 is 0 Å². The number of fused-ring (bicyclic) bond motifs is 7. The number of terminal acetylenes is 1. The van der Waals surface area contributed by atoms with Gasteiger partial charge in [-0.05, 0) is 89.9 Å². The van der Waals surface area contributed by atoms with E-state index in [4.69, 9.17) is 11.4 Å². The summed E-state index contributed by atoms with van der Waals surface area (Å²) in [5, 5.41) is 0.678. The van der Waals surface area contributed by atoms with E-state index in [1.54, 1.807) is 0 Å². The minimum absolute atomic E-state index is 0.119. The lowest BCUT2D eigenvalue weighted by molar-refractivity contribution is 0.217. The zero-order valence-electron chi connectivity index (χ0n) is 19.5. The molecule has 1 saturated heterocycles. The Labute approximate surface area is 209 Å². The monoisotopic (exact) mass is 515 g/mol. The van der Waals surface area contributed by atoms with E-state index in [1.807, 2.05) is 12.1 Å². The van der Waals surface area contributed by atoms with Crippen LogP contribution in [-0.2, 0) is 5.41 Å². The molecule has 0 radical (unpaired) electrons. The molecule has 3 aromatic rings. The van der Waals surface area contributed by atoms with Crippen LogP contribution < -0.4 is 5.56 Å². The molecule has 6 rings (SSSR count). The molecule has 4 nitrogen and oxygen atoms in total. The summed E-state index contributed by atoms with van der Waals surface area (Å²) in [6.45, 7) is 3.21. The Balaban J connectivity index is 1.47. The Kier molecular flexibility index (Phi) is 5.62. The molecule has 0 bridgehead atoms. The summed E-state index contributed by atoms with van der Waals surface area (Å²) in [7, 11) is 0. The maximum atomic E-state index is 13.2. The molecule has 3 aliphatic rings. The first-order valence-electron chi connectivity index (χ1n) is 12.6. The summed E-state index contributed by atoms with van der Waals surface area (Å²) in [6, 6.07) is 13.2. The van der Waals surface area contributed by atoms with Crippen molar-refractivity contribution in [2.45, 2.75) is 62.7 Å². The van der Waals surface area contributed by atoms with Gasteiger partial charge in [0.2, 0.25) is 0 Å². The predicted octanol–water partition coefficient (Wildman–Crippen LogP) is 5.91. The van der Waals surface area contributed by atoms with Crippen LogP contribution in [-0.4, -0.2) is 34.1 Å². The minimum atomic E-state index is -0.139. The number of likely N-dealkylation sites (tertiary alicyclic amines) is 1. The summed E-state index contributed by atoms with van der Waals surface area (Å²) >= 11 is 3.61. The third-order valence-corrected chi connectivity index (χ3v) is 9.07. The zero-order valence-corrected chi connectivity index (χ0v) is 21.1. The number of benzene rings is 2. The van der Waals surface area contributed by atoms with Gasteiger partial charge in [0.05, 0.1) is 22.0 Å². The maximum absolute atomic E-state index is 13.2. The molecule has 1 aliphatic carbocycles. The SMILES string of the molecule is C#CCCN1CCC(c2ccc3c(c2)-n2c(nc(=O)c4c(Br)cccc42)C32CCCCC2)CC1. The van der Waals surface area contributed by atoms with Gasteiger partial charge >= 0.3 is 0 Å². The Morgan fingerprint density at radius 3 is 2.68 bits per heavy atom. The molecular weight excluding hydrogens is 486 g/mol. The number of hydrogen-bond acceptors (Lipinski definition) is 3. The van der Waals surface area contributed by atoms with Gasteiger partial charge in [-0.25, -0.2) is 0 Å². The van der Waals surface area contributed by atoms with E-state index in [0.29, 0.717) is 11.3 Å². The molecule has 5 heteroatoms. The van der Waals surface area contributed by atoms with E-state index in [1.165, 1.54) is 36.1 Å². The van der Waals surface area contributed by atoms with Crippen molar-refractivity contribution < 1.29 is 0 Å². The van der Waals surface area contributed by atoms with Gasteiger partial charge in [-0.15, -0.1) is 12.3 Å². The number of aromatic nitrogens is 2. The lowest BCUT2D eigenvalue weighted by Gasteiger charge is -2.34. The van der Waals surface area contributed by atoms with Gasteiger partial charge < -0.3 is 4.90 Å². The van der Waals surface area contributed by atoms with Crippen LogP contribution in [0.15, 0.2) is 45.7 Å². The van der Waals surface area contributed by atoms with Crippen molar-refractivity contribution in [3.63, 3.8) is 0 Å². The number of hydrogen-bond donors (Lipinski definition) is 0. The van der Waals surface area contributed by atoms with Crippen molar-refractivity contribution in [3.8, 4) is 18.0 Å². The van der Waals surface area contributed by atoms with Gasteiger partial charge in [-0.3, -0.25) is 9.36 Å². The van der Waals surface area contributed by atoms with Crippen LogP contribution in [0.1, 0.15) is 74.2 Å². The molecule has 174 valence electrons. The number of nitrogens with zero attached hydrogens (tertiary/aromatic N) is 3. The Hall–Kier alpha value is -2.42. The molecule has 1 aromatic heterocycles. The second-order valence-corrected chi connectivity index (χ2v) is 11.1. The molecule has 34 heavy (non-hydrogen) atoms. The fourth-order valence-corrected chi connectivity index (χ4v) is 7.19. The van der Waals surface area contributed by atoms with Gasteiger partial charge in [0.25, 0.3) is 5.56 Å². The van der Waals surface area contributed by atoms with Crippen molar-refractivity contribution in [3.05, 3.63) is 68.2 Å². The van der Waals surface area contributed by atoms with E-state index in [2.05, 4.69) is 55.6 Å². The molecule has 2 aromatic carbocycles. The Bertz CT molecular complexity index is 1350. The van der Waals surface area contributed by atoms with Crippen molar-refractivity contribution in [2.24, 2.45) is 0 Å². The average Bonchev–Trinajstić information content (AvgIpc) is 3.12. The summed E-state index contributed by atoms with van der Waals surface area (Å²) in [4.78, 5) is 20.5. The maximum Gasteiger partial charge on any atom is 0.281 e. The average molecular weight is 516 g/mol. The van der Waals surface area contributed by atoms with Gasteiger partial charge in [0.1, 0.15) is 5.82 Å². The van der Waals surface area contributed by atoms with Gasteiger partial charge in [0.15, 0.2) is 0 Å². The molecule has 0 N–H and O–H groups in total. The smallest absolute Gasteiger partial charge is 0.281 e. The van der Waals surface area contributed by atoms with Crippen molar-refractivity contribution in [1.82, 2.24) is 14.5 Å². The standard InChI is InChI=1S/C29H30BrN3O/c1-2-3-16-32-17-12-20(13-18-32)21-10-11-22-25(19-21)33-24-9-7-8-23(30)26(24)27(34)31-28(33)29(22)14-5-4-6-15-29/h1,7-11,19-20H,3-6,12-18H2. The fraction of sp³-hybridized carbons (Fsp3) is 0.448. The van der Waals surface area contributed by atoms with Crippen LogP contribution in [0.25, 0.3) is 16.6 Å². The topological polar surface area (TPSA) is 38.1 Å². The van der Waals surface area contributed by atoms with Crippen molar-refractivity contribution >= 4 is 26.8 Å². The first-order chi connectivity index (χ1) is 16.6. The van der Waals surface area contributed by atoms with E-state index in [0.717, 1.165) is 67.6 Å². The summed E-state index contributed by atoms with van der Waals surface area (Å²) in [6.07, 6.45) is 14.4. The molecule has 1 saturated carbocycles. The van der Waals surface area contributed by atoms with Gasteiger partial charge in [-0.2, -0.15) is 4.98 Å². The van der Waals surface area contributed by atoms with E-state index in [9.17, 15) is 4.79 Å². The highest BCUT2D eigenvalue weighted by molar-refractivity contribution is 9.10. The van der Waals surface area contributed by atoms with Crippen LogP contribution in [0.5, 0.6) is 0 Å².